The molecule has 0 bridgehead atoms. The smallest absolute Gasteiger partial charge is 0.247 e. The number of rotatable bonds is 4. The standard InChI is InChI=1S/C21H27N3O2S/c1-5-6-11-24-17(25)13-27-20-15(18(24)19(26)23-21(2,3)4)12-14-9-7-8-10-16(14)22-20/h7-10,12,18H,5-6,11,13H2,1-4H3,(H,23,26). The molecule has 2 amide bonds. The molecule has 1 atom stereocenters. The van der Waals surface area contributed by atoms with Gasteiger partial charge in [-0.25, -0.2) is 4.98 Å². The summed E-state index contributed by atoms with van der Waals surface area (Å²) in [4.78, 5) is 32.6. The third-order valence-electron chi connectivity index (χ3n) is 4.47. The predicted octanol–water partition coefficient (Wildman–Crippen LogP) is 3.93. The molecule has 0 spiro atoms. The van der Waals surface area contributed by atoms with Crippen LogP contribution in [0.25, 0.3) is 10.9 Å². The molecular weight excluding hydrogens is 358 g/mol. The molecule has 1 aliphatic heterocycles. The first kappa shape index (κ1) is 19.7. The van der Waals surface area contributed by atoms with E-state index in [0.717, 1.165) is 34.3 Å². The van der Waals surface area contributed by atoms with Crippen molar-refractivity contribution < 1.29 is 9.59 Å². The van der Waals surface area contributed by atoms with E-state index in [1.54, 1.807) is 4.90 Å². The lowest BCUT2D eigenvalue weighted by Crippen LogP contribution is -2.49. The molecule has 144 valence electrons. The van der Waals surface area contributed by atoms with Gasteiger partial charge in [0.1, 0.15) is 11.1 Å². The summed E-state index contributed by atoms with van der Waals surface area (Å²) < 4.78 is 0. The van der Waals surface area contributed by atoms with E-state index in [-0.39, 0.29) is 17.4 Å². The number of nitrogens with one attached hydrogen (secondary N) is 1. The highest BCUT2D eigenvalue weighted by Gasteiger charge is 2.37. The fourth-order valence-electron chi connectivity index (χ4n) is 3.25. The summed E-state index contributed by atoms with van der Waals surface area (Å²) >= 11 is 1.43. The number of hydrogen-bond acceptors (Lipinski definition) is 4. The number of para-hydroxylation sites is 1. The molecule has 0 radical (unpaired) electrons. The largest absolute Gasteiger partial charge is 0.349 e. The van der Waals surface area contributed by atoms with Crippen molar-refractivity contribution in [1.82, 2.24) is 15.2 Å². The number of carbonyl (C=O) groups excluding carboxylic acids is 2. The average molecular weight is 386 g/mol. The Morgan fingerprint density at radius 1 is 1.33 bits per heavy atom. The highest BCUT2D eigenvalue weighted by Crippen LogP contribution is 2.36. The maximum Gasteiger partial charge on any atom is 0.247 e. The van der Waals surface area contributed by atoms with Crippen molar-refractivity contribution in [2.45, 2.75) is 57.1 Å². The zero-order valence-electron chi connectivity index (χ0n) is 16.4. The molecule has 0 aliphatic carbocycles. The van der Waals surface area contributed by atoms with Crippen molar-refractivity contribution in [3.63, 3.8) is 0 Å². The lowest BCUT2D eigenvalue weighted by atomic mass is 10.0. The van der Waals surface area contributed by atoms with Crippen molar-refractivity contribution >= 4 is 34.5 Å². The molecular formula is C21H27N3O2S. The van der Waals surface area contributed by atoms with Gasteiger partial charge in [-0.2, -0.15) is 0 Å². The fraction of sp³-hybridized carbons (Fsp3) is 0.476. The van der Waals surface area contributed by atoms with E-state index >= 15 is 0 Å². The monoisotopic (exact) mass is 385 g/mol. The molecule has 1 N–H and O–H groups in total. The number of amides is 2. The van der Waals surface area contributed by atoms with Crippen LogP contribution in [0.2, 0.25) is 0 Å². The molecule has 1 aromatic carbocycles. The molecule has 1 aliphatic rings. The van der Waals surface area contributed by atoms with Crippen LogP contribution in [-0.2, 0) is 9.59 Å². The van der Waals surface area contributed by atoms with Gasteiger partial charge in [0.25, 0.3) is 0 Å². The number of unbranched alkanes of at least 4 members (excludes halogenated alkanes) is 1. The highest BCUT2D eigenvalue weighted by molar-refractivity contribution is 8.00. The Morgan fingerprint density at radius 2 is 2.07 bits per heavy atom. The van der Waals surface area contributed by atoms with Gasteiger partial charge in [-0.3, -0.25) is 9.59 Å². The van der Waals surface area contributed by atoms with Crippen molar-refractivity contribution in [1.29, 1.82) is 0 Å². The minimum Gasteiger partial charge on any atom is -0.349 e. The number of benzene rings is 1. The van der Waals surface area contributed by atoms with E-state index in [1.165, 1.54) is 11.8 Å². The van der Waals surface area contributed by atoms with Gasteiger partial charge < -0.3 is 10.2 Å². The molecule has 0 saturated heterocycles. The molecule has 0 saturated carbocycles. The van der Waals surface area contributed by atoms with E-state index < -0.39 is 6.04 Å². The lowest BCUT2D eigenvalue weighted by molar-refractivity contribution is -0.139. The Hall–Kier alpha value is -2.08. The quantitative estimate of drug-likeness (QED) is 0.866. The van der Waals surface area contributed by atoms with Crippen molar-refractivity contribution in [2.75, 3.05) is 12.3 Å². The van der Waals surface area contributed by atoms with E-state index in [9.17, 15) is 9.59 Å². The van der Waals surface area contributed by atoms with E-state index in [2.05, 4.69) is 12.2 Å². The van der Waals surface area contributed by atoms with Gasteiger partial charge >= 0.3 is 0 Å². The molecule has 3 rings (SSSR count). The molecule has 0 fully saturated rings. The first-order valence-corrected chi connectivity index (χ1v) is 10.4. The minimum absolute atomic E-state index is 0.00966. The predicted molar refractivity (Wildman–Crippen MR) is 110 cm³/mol. The zero-order valence-corrected chi connectivity index (χ0v) is 17.2. The number of aromatic nitrogens is 1. The van der Waals surface area contributed by atoms with E-state index in [4.69, 9.17) is 4.98 Å². The first-order valence-electron chi connectivity index (χ1n) is 9.44. The molecule has 2 aromatic rings. The van der Waals surface area contributed by atoms with Gasteiger partial charge in [-0.15, -0.1) is 0 Å². The summed E-state index contributed by atoms with van der Waals surface area (Å²) in [6, 6.07) is 9.24. The molecule has 5 nitrogen and oxygen atoms in total. The maximum atomic E-state index is 13.2. The number of pyridine rings is 1. The summed E-state index contributed by atoms with van der Waals surface area (Å²) in [7, 11) is 0. The number of fused-ring (bicyclic) bond motifs is 2. The zero-order chi connectivity index (χ0) is 19.6. The third-order valence-corrected chi connectivity index (χ3v) is 5.47. The van der Waals surface area contributed by atoms with Crippen LogP contribution in [0, 0.1) is 0 Å². The molecule has 1 unspecified atom stereocenters. The second kappa shape index (κ2) is 7.89. The minimum atomic E-state index is -0.648. The Bertz CT molecular complexity index is 860. The molecule has 1 aromatic heterocycles. The summed E-state index contributed by atoms with van der Waals surface area (Å²) in [5, 5.41) is 4.82. The molecule has 2 heterocycles. The Morgan fingerprint density at radius 3 is 2.78 bits per heavy atom. The average Bonchev–Trinajstić information content (AvgIpc) is 2.73. The van der Waals surface area contributed by atoms with E-state index in [1.807, 2.05) is 51.1 Å². The van der Waals surface area contributed by atoms with Crippen molar-refractivity contribution in [3.8, 4) is 0 Å². The van der Waals surface area contributed by atoms with Crippen molar-refractivity contribution in [3.05, 3.63) is 35.9 Å². The number of carbonyl (C=O) groups is 2. The van der Waals surface area contributed by atoms with Crippen LogP contribution < -0.4 is 5.32 Å². The SMILES string of the molecule is CCCCN1C(=O)CSc2nc3ccccc3cc2C1C(=O)NC(C)(C)C. The van der Waals surface area contributed by atoms with Crippen LogP contribution in [0.5, 0.6) is 0 Å². The van der Waals surface area contributed by atoms with Crippen LogP contribution in [0.1, 0.15) is 52.1 Å². The Kier molecular flexibility index (Phi) is 5.75. The van der Waals surface area contributed by atoms with Crippen LogP contribution in [0.15, 0.2) is 35.4 Å². The number of nitrogens with zero attached hydrogens (tertiary/aromatic N) is 2. The van der Waals surface area contributed by atoms with Crippen LogP contribution in [-0.4, -0.2) is 39.5 Å². The number of thioether (sulfide) groups is 1. The fourth-order valence-corrected chi connectivity index (χ4v) is 4.18. The number of hydrogen-bond donors (Lipinski definition) is 1. The summed E-state index contributed by atoms with van der Waals surface area (Å²) in [5.74, 6) is 0.152. The summed E-state index contributed by atoms with van der Waals surface area (Å²) in [5.41, 5.74) is 1.33. The van der Waals surface area contributed by atoms with Gasteiger partial charge in [-0.05, 0) is 39.3 Å². The van der Waals surface area contributed by atoms with Gasteiger partial charge in [0.15, 0.2) is 0 Å². The van der Waals surface area contributed by atoms with E-state index in [0.29, 0.717) is 12.3 Å². The Labute approximate surface area is 164 Å². The van der Waals surface area contributed by atoms with Crippen molar-refractivity contribution in [2.24, 2.45) is 0 Å². The van der Waals surface area contributed by atoms with Gasteiger partial charge in [-0.1, -0.05) is 43.3 Å². The molecule has 27 heavy (non-hydrogen) atoms. The maximum absolute atomic E-state index is 13.2. The van der Waals surface area contributed by atoms with Crippen LogP contribution in [0.3, 0.4) is 0 Å². The summed E-state index contributed by atoms with van der Waals surface area (Å²) in [6.45, 7) is 8.52. The van der Waals surface area contributed by atoms with Gasteiger partial charge in [0.2, 0.25) is 11.8 Å². The topological polar surface area (TPSA) is 62.3 Å². The Balaban J connectivity index is 2.12. The summed E-state index contributed by atoms with van der Waals surface area (Å²) in [6.07, 6.45) is 1.83. The van der Waals surface area contributed by atoms with Gasteiger partial charge in [0, 0.05) is 23.0 Å². The van der Waals surface area contributed by atoms with Crippen LogP contribution >= 0.6 is 11.8 Å². The third kappa shape index (κ3) is 4.43. The van der Waals surface area contributed by atoms with Gasteiger partial charge in [0.05, 0.1) is 11.3 Å². The molecule has 6 heteroatoms. The first-order chi connectivity index (χ1) is 12.8. The second-order valence-corrected chi connectivity index (χ2v) is 8.91. The lowest BCUT2D eigenvalue weighted by Gasteiger charge is -2.32. The normalized spacial score (nSPS) is 17.6. The van der Waals surface area contributed by atoms with Crippen LogP contribution in [0.4, 0.5) is 0 Å². The second-order valence-electron chi connectivity index (χ2n) is 7.95. The highest BCUT2D eigenvalue weighted by atomic mass is 32.2.